The molecule has 2 aliphatic rings. The molecule has 2 aliphatic heterocycles. The van der Waals surface area contributed by atoms with Gasteiger partial charge in [-0.25, -0.2) is 5.01 Å². The standard InChI is InChI=1S/C26H26N2O5/c1-4-32-24-12-9-16(13-25(24)31-3)26-28-21(18-7-5-6-8-23(18)33-26)15-20(27-28)19-14-17(30-2)10-11-22(19)29/h5-14,21,26,29H,4,15H2,1-3H3/t21-,26-/m0/s1. The molecule has 0 saturated heterocycles. The molecule has 7 heteroatoms. The van der Waals surface area contributed by atoms with Crippen LogP contribution < -0.4 is 18.9 Å². The predicted molar refractivity (Wildman–Crippen MR) is 124 cm³/mol. The van der Waals surface area contributed by atoms with Gasteiger partial charge in [-0.05, 0) is 49.4 Å². The van der Waals surface area contributed by atoms with Crippen LogP contribution in [0.5, 0.6) is 28.7 Å². The lowest BCUT2D eigenvalue weighted by atomic mass is 9.95. The van der Waals surface area contributed by atoms with E-state index >= 15 is 0 Å². The van der Waals surface area contributed by atoms with E-state index in [0.29, 0.717) is 35.8 Å². The first-order chi connectivity index (χ1) is 16.1. The Hall–Kier alpha value is -3.87. The summed E-state index contributed by atoms with van der Waals surface area (Å²) in [5, 5.41) is 17.4. The second-order valence-corrected chi connectivity index (χ2v) is 7.88. The lowest BCUT2D eigenvalue weighted by Crippen LogP contribution is -2.33. The van der Waals surface area contributed by atoms with Gasteiger partial charge in [-0.15, -0.1) is 0 Å². The largest absolute Gasteiger partial charge is 0.507 e. The van der Waals surface area contributed by atoms with Crippen LogP contribution in [0, 0.1) is 0 Å². The molecule has 0 saturated carbocycles. The van der Waals surface area contributed by atoms with Crippen LogP contribution in [0.25, 0.3) is 0 Å². The fourth-order valence-electron chi connectivity index (χ4n) is 4.40. The van der Waals surface area contributed by atoms with Crippen molar-refractivity contribution in [3.8, 4) is 28.7 Å². The number of nitrogens with zero attached hydrogens (tertiary/aromatic N) is 2. The molecule has 3 aromatic rings. The summed E-state index contributed by atoms with van der Waals surface area (Å²) in [7, 11) is 3.23. The molecule has 0 fully saturated rings. The summed E-state index contributed by atoms with van der Waals surface area (Å²) in [6, 6.07) is 19.0. The Balaban J connectivity index is 1.58. The minimum Gasteiger partial charge on any atom is -0.507 e. The number of phenolic OH excluding ortho intramolecular Hbond substituents is 1. The normalized spacial score (nSPS) is 18.6. The first kappa shape index (κ1) is 21.0. The van der Waals surface area contributed by atoms with Gasteiger partial charge in [-0.2, -0.15) is 5.10 Å². The van der Waals surface area contributed by atoms with E-state index in [1.165, 1.54) is 0 Å². The van der Waals surface area contributed by atoms with Crippen molar-refractivity contribution in [3.05, 3.63) is 77.4 Å². The van der Waals surface area contributed by atoms with Crippen molar-refractivity contribution in [2.45, 2.75) is 25.6 Å². The van der Waals surface area contributed by atoms with Gasteiger partial charge in [-0.3, -0.25) is 0 Å². The summed E-state index contributed by atoms with van der Waals surface area (Å²) in [4.78, 5) is 0. The molecule has 0 aliphatic carbocycles. The number of fused-ring (bicyclic) bond motifs is 3. The minimum atomic E-state index is -0.459. The zero-order chi connectivity index (χ0) is 22.9. The van der Waals surface area contributed by atoms with Gasteiger partial charge < -0.3 is 24.1 Å². The number of phenols is 1. The fraction of sp³-hybridized carbons (Fsp3) is 0.269. The molecule has 0 unspecified atom stereocenters. The maximum absolute atomic E-state index is 10.5. The Morgan fingerprint density at radius 3 is 2.67 bits per heavy atom. The van der Waals surface area contributed by atoms with Gasteiger partial charge in [0.2, 0.25) is 6.23 Å². The first-order valence-electron chi connectivity index (χ1n) is 10.9. The molecule has 1 N–H and O–H groups in total. The molecule has 0 amide bonds. The molecular weight excluding hydrogens is 420 g/mol. The smallest absolute Gasteiger partial charge is 0.214 e. The third-order valence-electron chi connectivity index (χ3n) is 5.99. The van der Waals surface area contributed by atoms with E-state index in [9.17, 15) is 5.11 Å². The predicted octanol–water partition coefficient (Wildman–Crippen LogP) is 5.05. The average molecular weight is 447 g/mol. The first-order valence-corrected chi connectivity index (χ1v) is 10.9. The summed E-state index contributed by atoms with van der Waals surface area (Å²) in [5.41, 5.74) is 3.39. The van der Waals surface area contributed by atoms with E-state index in [2.05, 4.69) is 6.07 Å². The van der Waals surface area contributed by atoms with Crippen LogP contribution in [-0.2, 0) is 0 Å². The van der Waals surface area contributed by atoms with Crippen molar-refractivity contribution in [3.63, 3.8) is 0 Å². The number of methoxy groups -OCH3 is 2. The van der Waals surface area contributed by atoms with E-state index in [1.54, 1.807) is 26.4 Å². The highest BCUT2D eigenvalue weighted by atomic mass is 16.5. The number of para-hydroxylation sites is 1. The van der Waals surface area contributed by atoms with E-state index in [-0.39, 0.29) is 11.8 Å². The molecule has 0 bridgehead atoms. The van der Waals surface area contributed by atoms with Crippen molar-refractivity contribution in [1.29, 1.82) is 0 Å². The van der Waals surface area contributed by atoms with E-state index in [4.69, 9.17) is 24.0 Å². The number of hydrogen-bond acceptors (Lipinski definition) is 7. The van der Waals surface area contributed by atoms with Gasteiger partial charge >= 0.3 is 0 Å². The monoisotopic (exact) mass is 446 g/mol. The SMILES string of the molecule is CCOc1ccc([C@@H]2Oc3ccccc3[C@@H]3CC(c4cc(OC)ccc4O)=NN32)cc1OC. The summed E-state index contributed by atoms with van der Waals surface area (Å²) >= 11 is 0. The van der Waals surface area contributed by atoms with E-state index < -0.39 is 6.23 Å². The number of ether oxygens (including phenoxy) is 4. The summed E-state index contributed by atoms with van der Waals surface area (Å²) in [6.45, 7) is 2.49. The van der Waals surface area contributed by atoms with Gasteiger partial charge in [0.05, 0.1) is 32.6 Å². The van der Waals surface area contributed by atoms with E-state index in [0.717, 1.165) is 22.6 Å². The van der Waals surface area contributed by atoms with E-state index in [1.807, 2.05) is 54.4 Å². The molecule has 0 radical (unpaired) electrons. The second-order valence-electron chi connectivity index (χ2n) is 7.88. The molecule has 170 valence electrons. The van der Waals surface area contributed by atoms with Crippen LogP contribution in [0.3, 0.4) is 0 Å². The Kier molecular flexibility index (Phi) is 5.46. The van der Waals surface area contributed by atoms with Crippen molar-refractivity contribution in [1.82, 2.24) is 5.01 Å². The molecule has 2 heterocycles. The van der Waals surface area contributed by atoms with Gasteiger partial charge in [0.25, 0.3) is 0 Å². The highest BCUT2D eigenvalue weighted by Crippen LogP contribution is 2.48. The van der Waals surface area contributed by atoms with Crippen LogP contribution in [0.15, 0.2) is 65.8 Å². The van der Waals surface area contributed by atoms with Crippen molar-refractivity contribution in [2.24, 2.45) is 5.10 Å². The maximum atomic E-state index is 10.5. The Morgan fingerprint density at radius 2 is 1.88 bits per heavy atom. The highest BCUT2D eigenvalue weighted by Gasteiger charge is 2.41. The quantitative estimate of drug-likeness (QED) is 0.571. The molecule has 5 rings (SSSR count). The summed E-state index contributed by atoms with van der Waals surface area (Å²) in [5.74, 6) is 2.98. The highest BCUT2D eigenvalue weighted by molar-refractivity contribution is 6.04. The Labute approximate surface area is 192 Å². The molecule has 0 aromatic heterocycles. The molecular formula is C26H26N2O5. The van der Waals surface area contributed by atoms with Crippen molar-refractivity contribution >= 4 is 5.71 Å². The topological polar surface area (TPSA) is 72.8 Å². The lowest BCUT2D eigenvalue weighted by molar-refractivity contribution is -0.0191. The molecule has 2 atom stereocenters. The Morgan fingerprint density at radius 1 is 1.03 bits per heavy atom. The third kappa shape index (κ3) is 3.69. The van der Waals surface area contributed by atoms with Crippen molar-refractivity contribution in [2.75, 3.05) is 20.8 Å². The van der Waals surface area contributed by atoms with Crippen LogP contribution in [0.1, 0.15) is 42.3 Å². The molecule has 3 aromatic carbocycles. The summed E-state index contributed by atoms with van der Waals surface area (Å²) < 4.78 is 23.0. The zero-order valence-electron chi connectivity index (χ0n) is 18.8. The van der Waals surface area contributed by atoms with Gasteiger partial charge in [-0.1, -0.05) is 18.2 Å². The van der Waals surface area contributed by atoms with Crippen LogP contribution >= 0.6 is 0 Å². The van der Waals surface area contributed by atoms with Gasteiger partial charge in [0.15, 0.2) is 11.5 Å². The maximum Gasteiger partial charge on any atom is 0.214 e. The number of benzene rings is 3. The lowest BCUT2D eigenvalue weighted by Gasteiger charge is -2.38. The number of rotatable bonds is 6. The number of aromatic hydroxyl groups is 1. The minimum absolute atomic E-state index is 0.0295. The second kappa shape index (κ2) is 8.58. The van der Waals surface area contributed by atoms with Gasteiger partial charge in [0, 0.05) is 23.1 Å². The third-order valence-corrected chi connectivity index (χ3v) is 5.99. The van der Waals surface area contributed by atoms with Crippen LogP contribution in [0.4, 0.5) is 0 Å². The number of hydrogen-bond donors (Lipinski definition) is 1. The molecule has 7 nitrogen and oxygen atoms in total. The average Bonchev–Trinajstić information content (AvgIpc) is 3.30. The van der Waals surface area contributed by atoms with Gasteiger partial charge in [0.1, 0.15) is 17.2 Å². The molecule has 33 heavy (non-hydrogen) atoms. The van der Waals surface area contributed by atoms with Crippen LogP contribution in [0.2, 0.25) is 0 Å². The fourth-order valence-corrected chi connectivity index (χ4v) is 4.40. The number of hydrazone groups is 1. The zero-order valence-corrected chi connectivity index (χ0v) is 18.8. The Bertz CT molecular complexity index is 1210. The van der Waals surface area contributed by atoms with Crippen LogP contribution in [-0.4, -0.2) is 36.7 Å². The van der Waals surface area contributed by atoms with Crippen molar-refractivity contribution < 1.29 is 24.1 Å². The summed E-state index contributed by atoms with van der Waals surface area (Å²) in [6.07, 6.45) is 0.172. The molecule has 0 spiro atoms.